The quantitative estimate of drug-likeness (QED) is 0.655. The molecule has 0 saturated carbocycles. The molecule has 0 radical (unpaired) electrons. The van der Waals surface area contributed by atoms with E-state index in [1.807, 2.05) is 25.1 Å². The van der Waals surface area contributed by atoms with Gasteiger partial charge in [-0.05, 0) is 43.0 Å². The molecule has 29 heavy (non-hydrogen) atoms. The zero-order valence-electron chi connectivity index (χ0n) is 16.5. The number of rotatable bonds is 5. The molecule has 0 spiro atoms. The summed E-state index contributed by atoms with van der Waals surface area (Å²) < 4.78 is 11.4. The van der Waals surface area contributed by atoms with Crippen LogP contribution < -0.4 is 0 Å². The zero-order valence-corrected chi connectivity index (χ0v) is 16.5. The molecule has 3 heterocycles. The van der Waals surface area contributed by atoms with E-state index in [0.717, 1.165) is 38.0 Å². The zero-order chi connectivity index (χ0) is 20.3. The Morgan fingerprint density at radius 1 is 1.28 bits per heavy atom. The van der Waals surface area contributed by atoms with Crippen LogP contribution in [0.15, 0.2) is 41.3 Å². The molecule has 8 nitrogen and oxygen atoms in total. The highest BCUT2D eigenvalue weighted by Gasteiger charge is 2.41. The first-order valence-corrected chi connectivity index (χ1v) is 9.51. The summed E-state index contributed by atoms with van der Waals surface area (Å²) in [6.45, 7) is 4.57. The molecule has 1 aromatic carbocycles. The Balaban J connectivity index is 1.46. The number of nitriles is 1. The number of nitrogens with zero attached hydrogens (tertiary/aromatic N) is 6. The van der Waals surface area contributed by atoms with Crippen LogP contribution in [-0.4, -0.2) is 45.2 Å². The molecule has 0 amide bonds. The van der Waals surface area contributed by atoms with Gasteiger partial charge in [0, 0.05) is 39.1 Å². The summed E-state index contributed by atoms with van der Waals surface area (Å²) in [7, 11) is 1.69. The fraction of sp³-hybridized carbons (Fsp3) is 0.381. The molecule has 8 heteroatoms. The maximum atomic E-state index is 9.04. The molecular formula is C21H22N6O2. The van der Waals surface area contributed by atoms with Crippen LogP contribution in [0.4, 0.5) is 0 Å². The minimum Gasteiger partial charge on any atom is -0.368 e. The maximum Gasteiger partial charge on any atom is 0.259 e. The lowest BCUT2D eigenvalue weighted by molar-refractivity contribution is -0.0838. The van der Waals surface area contributed by atoms with Crippen molar-refractivity contribution < 1.29 is 9.26 Å². The van der Waals surface area contributed by atoms with Crippen molar-refractivity contribution in [1.82, 2.24) is 25.0 Å². The molecule has 0 N–H and O–H groups in total. The summed E-state index contributed by atoms with van der Waals surface area (Å²) in [6, 6.07) is 8.03. The third-order valence-corrected chi connectivity index (χ3v) is 5.53. The van der Waals surface area contributed by atoms with Crippen molar-refractivity contribution in [3.05, 3.63) is 59.4 Å². The third kappa shape index (κ3) is 3.88. The minimum absolute atomic E-state index is 0.417. The van der Waals surface area contributed by atoms with E-state index in [9.17, 15) is 0 Å². The molecule has 1 aliphatic heterocycles. The van der Waals surface area contributed by atoms with Gasteiger partial charge in [-0.15, -0.1) is 0 Å². The summed E-state index contributed by atoms with van der Waals surface area (Å²) in [6.07, 6.45) is 6.31. The van der Waals surface area contributed by atoms with Gasteiger partial charge in [0.25, 0.3) is 5.89 Å². The first kappa shape index (κ1) is 19.2. The van der Waals surface area contributed by atoms with Crippen molar-refractivity contribution in [3.8, 4) is 17.6 Å². The van der Waals surface area contributed by atoms with Gasteiger partial charge in [0.1, 0.15) is 11.3 Å². The second kappa shape index (κ2) is 8.07. The summed E-state index contributed by atoms with van der Waals surface area (Å²) in [5.41, 5.74) is 3.04. The molecule has 1 fully saturated rings. The fourth-order valence-electron chi connectivity index (χ4n) is 3.69. The molecule has 0 atom stereocenters. The molecule has 4 rings (SSSR count). The highest BCUT2D eigenvalue weighted by atomic mass is 16.5. The van der Waals surface area contributed by atoms with Crippen molar-refractivity contribution in [2.75, 3.05) is 20.2 Å². The summed E-state index contributed by atoms with van der Waals surface area (Å²) in [4.78, 5) is 15.2. The van der Waals surface area contributed by atoms with E-state index in [1.54, 1.807) is 25.7 Å². The average molecular weight is 390 g/mol. The molecule has 148 valence electrons. The van der Waals surface area contributed by atoms with E-state index >= 15 is 0 Å². The number of hydrogen-bond donors (Lipinski definition) is 0. The highest BCUT2D eigenvalue weighted by Crippen LogP contribution is 2.36. The summed E-state index contributed by atoms with van der Waals surface area (Å²) in [5, 5.41) is 13.1. The molecule has 0 unspecified atom stereocenters. The van der Waals surface area contributed by atoms with Gasteiger partial charge in [0.05, 0.1) is 17.8 Å². The van der Waals surface area contributed by atoms with Gasteiger partial charge in [-0.3, -0.25) is 9.88 Å². The van der Waals surface area contributed by atoms with Gasteiger partial charge in [-0.25, -0.2) is 4.98 Å². The van der Waals surface area contributed by atoms with Crippen molar-refractivity contribution in [2.45, 2.75) is 31.9 Å². The van der Waals surface area contributed by atoms with Crippen LogP contribution in [0.25, 0.3) is 11.5 Å². The maximum absolute atomic E-state index is 9.04. The number of piperidine rings is 1. The largest absolute Gasteiger partial charge is 0.368 e. The smallest absolute Gasteiger partial charge is 0.259 e. The van der Waals surface area contributed by atoms with Crippen molar-refractivity contribution in [3.63, 3.8) is 0 Å². The number of benzene rings is 1. The fourth-order valence-corrected chi connectivity index (χ4v) is 3.69. The lowest BCUT2D eigenvalue weighted by Crippen LogP contribution is -2.43. The monoisotopic (exact) mass is 390 g/mol. The van der Waals surface area contributed by atoms with Gasteiger partial charge in [-0.2, -0.15) is 10.2 Å². The molecule has 1 aliphatic rings. The third-order valence-electron chi connectivity index (χ3n) is 5.53. The van der Waals surface area contributed by atoms with Crippen LogP contribution in [0.5, 0.6) is 0 Å². The first-order valence-electron chi connectivity index (χ1n) is 9.51. The topological polar surface area (TPSA) is 101 Å². The van der Waals surface area contributed by atoms with Crippen LogP contribution in [-0.2, 0) is 16.9 Å². The second-order valence-electron chi connectivity index (χ2n) is 7.24. The summed E-state index contributed by atoms with van der Waals surface area (Å²) >= 11 is 0. The van der Waals surface area contributed by atoms with Crippen LogP contribution in [0.3, 0.4) is 0 Å². The van der Waals surface area contributed by atoms with E-state index in [0.29, 0.717) is 23.0 Å². The Morgan fingerprint density at radius 2 is 2.10 bits per heavy atom. The van der Waals surface area contributed by atoms with Gasteiger partial charge < -0.3 is 9.26 Å². The van der Waals surface area contributed by atoms with Gasteiger partial charge in [0.2, 0.25) is 5.82 Å². The van der Waals surface area contributed by atoms with E-state index in [1.165, 1.54) is 5.56 Å². The SMILES string of the molecule is COC1(c2nc(-c3cnccn3)no2)CCN(Cc2ccc(C#N)cc2C)CC1. The number of ether oxygens (including phenoxy) is 1. The highest BCUT2D eigenvalue weighted by molar-refractivity contribution is 5.45. The van der Waals surface area contributed by atoms with Crippen LogP contribution in [0, 0.1) is 18.3 Å². The normalized spacial score (nSPS) is 16.4. The molecule has 1 saturated heterocycles. The minimum atomic E-state index is -0.594. The lowest BCUT2D eigenvalue weighted by atomic mass is 9.90. The average Bonchev–Trinajstić information content (AvgIpc) is 3.27. The molecule has 3 aromatic rings. The Morgan fingerprint density at radius 3 is 2.76 bits per heavy atom. The Kier molecular flexibility index (Phi) is 5.34. The Labute approximate surface area is 169 Å². The van der Waals surface area contributed by atoms with Crippen molar-refractivity contribution in [2.24, 2.45) is 0 Å². The van der Waals surface area contributed by atoms with E-state index in [4.69, 9.17) is 14.5 Å². The van der Waals surface area contributed by atoms with Crippen molar-refractivity contribution >= 4 is 0 Å². The number of hydrogen-bond acceptors (Lipinski definition) is 8. The Hall–Kier alpha value is -3.15. The molecule has 0 bridgehead atoms. The molecular weight excluding hydrogens is 368 g/mol. The number of likely N-dealkylation sites (tertiary alicyclic amines) is 1. The first-order chi connectivity index (χ1) is 14.1. The van der Waals surface area contributed by atoms with Gasteiger partial charge in [-0.1, -0.05) is 11.2 Å². The van der Waals surface area contributed by atoms with Crippen LogP contribution in [0.1, 0.15) is 35.4 Å². The van der Waals surface area contributed by atoms with Gasteiger partial charge >= 0.3 is 0 Å². The van der Waals surface area contributed by atoms with Crippen molar-refractivity contribution in [1.29, 1.82) is 5.26 Å². The van der Waals surface area contributed by atoms with Gasteiger partial charge in [0.15, 0.2) is 0 Å². The van der Waals surface area contributed by atoms with Crippen LogP contribution >= 0.6 is 0 Å². The van der Waals surface area contributed by atoms with E-state index < -0.39 is 5.60 Å². The molecule has 0 aliphatic carbocycles. The lowest BCUT2D eigenvalue weighted by Gasteiger charge is -2.38. The van der Waals surface area contributed by atoms with E-state index in [2.05, 4.69) is 31.1 Å². The number of methoxy groups -OCH3 is 1. The predicted octanol–water partition coefficient (Wildman–Crippen LogP) is 2.84. The standard InChI is InChI=1S/C21H22N6O2/c1-15-11-16(12-22)3-4-17(15)14-27-9-5-21(28-2,6-10-27)20-25-19(26-29-20)18-13-23-7-8-24-18/h3-4,7-8,11,13H,5-6,9-10,14H2,1-2H3. The summed E-state index contributed by atoms with van der Waals surface area (Å²) in [5.74, 6) is 0.898. The van der Waals surface area contributed by atoms with E-state index in [-0.39, 0.29) is 0 Å². The molecule has 2 aromatic heterocycles. The second-order valence-corrected chi connectivity index (χ2v) is 7.24. The Bertz CT molecular complexity index is 1020. The predicted molar refractivity (Wildman–Crippen MR) is 104 cm³/mol. The number of aryl methyl sites for hydroxylation is 1. The number of aromatic nitrogens is 4. The van der Waals surface area contributed by atoms with Crippen LogP contribution in [0.2, 0.25) is 0 Å².